The summed E-state index contributed by atoms with van der Waals surface area (Å²) in [7, 11) is 0. The topological polar surface area (TPSA) is 56.0 Å². The van der Waals surface area contributed by atoms with E-state index in [0.717, 1.165) is 48.2 Å². The second kappa shape index (κ2) is 5.94. The van der Waals surface area contributed by atoms with Crippen molar-refractivity contribution in [3.8, 4) is 0 Å². The first-order chi connectivity index (χ1) is 13.0. The van der Waals surface area contributed by atoms with Gasteiger partial charge in [0.05, 0.1) is 23.2 Å². The Kier molecular flexibility index (Phi) is 3.64. The van der Waals surface area contributed by atoms with E-state index < -0.39 is 0 Å². The molecule has 0 bridgehead atoms. The monoisotopic (exact) mass is 363 g/mol. The highest BCUT2D eigenvalue weighted by molar-refractivity contribution is 6.05. The molecule has 2 aliphatic rings. The van der Waals surface area contributed by atoms with Crippen LogP contribution in [-0.2, 0) is 6.54 Å². The molecular weight excluding hydrogens is 338 g/mol. The average molecular weight is 363 g/mol. The number of aromatic nitrogens is 4. The van der Waals surface area contributed by atoms with E-state index in [9.17, 15) is 4.79 Å². The Hall–Kier alpha value is -2.63. The average Bonchev–Trinajstić information content (AvgIpc) is 3.23. The van der Waals surface area contributed by atoms with Gasteiger partial charge in [0.2, 0.25) is 0 Å². The molecule has 1 amide bonds. The molecule has 1 unspecified atom stereocenters. The first-order valence-corrected chi connectivity index (χ1v) is 9.88. The summed E-state index contributed by atoms with van der Waals surface area (Å²) in [5, 5.41) is 5.40. The molecule has 3 aromatic rings. The largest absolute Gasteiger partial charge is 0.348 e. The molecule has 0 saturated heterocycles. The molecule has 6 heteroatoms. The Morgan fingerprint density at radius 1 is 1.26 bits per heavy atom. The van der Waals surface area contributed by atoms with Gasteiger partial charge >= 0.3 is 0 Å². The van der Waals surface area contributed by atoms with Crippen molar-refractivity contribution in [1.29, 1.82) is 0 Å². The fourth-order valence-corrected chi connectivity index (χ4v) is 4.19. The lowest BCUT2D eigenvalue weighted by atomic mass is 10.1. The number of carbonyl (C=O) groups is 1. The maximum absolute atomic E-state index is 13.6. The Labute approximate surface area is 158 Å². The minimum atomic E-state index is 0.0639. The van der Waals surface area contributed by atoms with Crippen LogP contribution in [0.3, 0.4) is 0 Å². The van der Waals surface area contributed by atoms with Gasteiger partial charge in [-0.2, -0.15) is 5.10 Å². The van der Waals surface area contributed by atoms with Gasteiger partial charge in [-0.05, 0) is 51.8 Å². The molecule has 140 valence electrons. The molecule has 1 fully saturated rings. The molecule has 1 saturated carbocycles. The zero-order chi connectivity index (χ0) is 18.7. The number of amides is 1. The molecule has 5 rings (SSSR count). The van der Waals surface area contributed by atoms with Gasteiger partial charge in [-0.25, -0.2) is 9.67 Å². The molecule has 1 atom stereocenters. The molecule has 0 spiro atoms. The summed E-state index contributed by atoms with van der Waals surface area (Å²) in [6.07, 6.45) is 6.23. The summed E-state index contributed by atoms with van der Waals surface area (Å²) in [5.41, 5.74) is 3.83. The summed E-state index contributed by atoms with van der Waals surface area (Å²) in [4.78, 5) is 20.5. The van der Waals surface area contributed by atoms with E-state index in [1.165, 1.54) is 5.69 Å². The third kappa shape index (κ3) is 2.58. The quantitative estimate of drug-likeness (QED) is 0.709. The fourth-order valence-electron chi connectivity index (χ4n) is 4.19. The number of hydrogen-bond acceptors (Lipinski definition) is 3. The van der Waals surface area contributed by atoms with Gasteiger partial charge in [-0.3, -0.25) is 4.79 Å². The number of rotatable bonds is 3. The van der Waals surface area contributed by atoms with Crippen LogP contribution in [0.2, 0.25) is 0 Å². The number of hydrogen-bond donors (Lipinski definition) is 0. The van der Waals surface area contributed by atoms with E-state index in [4.69, 9.17) is 4.98 Å². The third-order valence-electron chi connectivity index (χ3n) is 5.90. The van der Waals surface area contributed by atoms with Crippen molar-refractivity contribution in [3.63, 3.8) is 0 Å². The Bertz CT molecular complexity index is 1030. The summed E-state index contributed by atoms with van der Waals surface area (Å²) >= 11 is 0. The lowest BCUT2D eigenvalue weighted by Crippen LogP contribution is -2.40. The van der Waals surface area contributed by atoms with Crippen molar-refractivity contribution in [3.05, 3.63) is 47.5 Å². The summed E-state index contributed by atoms with van der Waals surface area (Å²) in [6, 6.07) is 6.47. The molecule has 1 aliphatic carbocycles. The highest BCUT2D eigenvalue weighted by Crippen LogP contribution is 2.41. The lowest BCUT2D eigenvalue weighted by Gasteiger charge is -2.35. The summed E-state index contributed by atoms with van der Waals surface area (Å²) < 4.78 is 4.17. The van der Waals surface area contributed by atoms with E-state index in [1.54, 1.807) is 0 Å². The maximum atomic E-state index is 13.6. The normalized spacial score (nSPS) is 19.7. The van der Waals surface area contributed by atoms with Crippen LogP contribution >= 0.6 is 0 Å². The highest BCUT2D eigenvalue weighted by atomic mass is 16.2. The lowest BCUT2D eigenvalue weighted by molar-refractivity contribution is 0.0646. The number of nitrogens with zero attached hydrogens (tertiary/aromatic N) is 5. The zero-order valence-corrected chi connectivity index (χ0v) is 16.1. The van der Waals surface area contributed by atoms with Gasteiger partial charge in [-0.1, -0.05) is 0 Å². The smallest absolute Gasteiger partial charge is 0.255 e. The molecule has 0 aromatic carbocycles. The van der Waals surface area contributed by atoms with E-state index in [-0.39, 0.29) is 18.0 Å². The van der Waals surface area contributed by atoms with Gasteiger partial charge in [-0.15, -0.1) is 0 Å². The van der Waals surface area contributed by atoms with Crippen molar-refractivity contribution < 1.29 is 4.79 Å². The van der Waals surface area contributed by atoms with Gasteiger partial charge in [0, 0.05) is 42.6 Å². The molecule has 1 aliphatic heterocycles. The SMILES string of the molecule is CC1c2cccn2CCN1C(=O)c1cc(C2CC2)nc2c1cnn2C(C)C. The summed E-state index contributed by atoms with van der Waals surface area (Å²) in [6.45, 7) is 7.87. The van der Waals surface area contributed by atoms with Crippen LogP contribution < -0.4 is 0 Å². The molecular formula is C21H25N5O. The second-order valence-electron chi connectivity index (χ2n) is 8.09. The Morgan fingerprint density at radius 2 is 2.07 bits per heavy atom. The predicted octanol–water partition coefficient (Wildman–Crippen LogP) is 3.91. The minimum Gasteiger partial charge on any atom is -0.348 e. The minimum absolute atomic E-state index is 0.0639. The number of pyridine rings is 1. The molecule has 4 heterocycles. The van der Waals surface area contributed by atoms with Crippen molar-refractivity contribution in [2.24, 2.45) is 0 Å². The van der Waals surface area contributed by atoms with Gasteiger partial charge in [0.15, 0.2) is 5.65 Å². The molecule has 27 heavy (non-hydrogen) atoms. The second-order valence-corrected chi connectivity index (χ2v) is 8.09. The Morgan fingerprint density at radius 3 is 2.81 bits per heavy atom. The van der Waals surface area contributed by atoms with E-state index >= 15 is 0 Å². The van der Waals surface area contributed by atoms with Gasteiger partial charge in [0.25, 0.3) is 5.91 Å². The molecule has 0 radical (unpaired) electrons. The van der Waals surface area contributed by atoms with Crippen LogP contribution in [0, 0.1) is 0 Å². The van der Waals surface area contributed by atoms with Crippen molar-refractivity contribution in [2.75, 3.05) is 6.54 Å². The van der Waals surface area contributed by atoms with Crippen LogP contribution in [0.15, 0.2) is 30.6 Å². The van der Waals surface area contributed by atoms with Crippen LogP contribution in [0.25, 0.3) is 11.0 Å². The molecule has 3 aromatic heterocycles. The van der Waals surface area contributed by atoms with Crippen LogP contribution in [-0.4, -0.2) is 36.7 Å². The van der Waals surface area contributed by atoms with E-state index in [1.807, 2.05) is 21.8 Å². The Balaban J connectivity index is 1.61. The number of carbonyl (C=O) groups excluding carboxylic acids is 1. The fraction of sp³-hybridized carbons (Fsp3) is 0.476. The maximum Gasteiger partial charge on any atom is 0.255 e. The van der Waals surface area contributed by atoms with Crippen LogP contribution in [0.5, 0.6) is 0 Å². The van der Waals surface area contributed by atoms with E-state index in [2.05, 4.69) is 48.8 Å². The number of fused-ring (bicyclic) bond motifs is 2. The van der Waals surface area contributed by atoms with Gasteiger partial charge in [0.1, 0.15) is 0 Å². The van der Waals surface area contributed by atoms with Crippen molar-refractivity contribution in [1.82, 2.24) is 24.2 Å². The summed E-state index contributed by atoms with van der Waals surface area (Å²) in [5.74, 6) is 0.583. The first kappa shape index (κ1) is 16.5. The van der Waals surface area contributed by atoms with Crippen LogP contribution in [0.1, 0.15) is 73.4 Å². The van der Waals surface area contributed by atoms with Gasteiger partial charge < -0.3 is 9.47 Å². The van der Waals surface area contributed by atoms with E-state index in [0.29, 0.717) is 5.92 Å². The predicted molar refractivity (Wildman–Crippen MR) is 104 cm³/mol. The van der Waals surface area contributed by atoms with Crippen molar-refractivity contribution >= 4 is 16.9 Å². The zero-order valence-electron chi connectivity index (χ0n) is 16.1. The van der Waals surface area contributed by atoms with Crippen LogP contribution in [0.4, 0.5) is 0 Å². The standard InChI is InChI=1S/C21H25N5O/c1-13(2)26-20-17(12-22-26)16(11-18(23-20)15-6-7-15)21(27)25-10-9-24-8-4-5-19(24)14(25)3/h4-5,8,11-15H,6-7,9-10H2,1-3H3. The molecule has 6 nitrogen and oxygen atoms in total. The van der Waals surface area contributed by atoms with Crippen molar-refractivity contribution in [2.45, 2.75) is 58.2 Å². The molecule has 0 N–H and O–H groups in total. The first-order valence-electron chi connectivity index (χ1n) is 9.88. The highest BCUT2D eigenvalue weighted by Gasteiger charge is 2.32. The third-order valence-corrected chi connectivity index (χ3v) is 5.90.